The average Bonchev–Trinajstić information content (AvgIpc) is 3.11. The summed E-state index contributed by atoms with van der Waals surface area (Å²) in [5.41, 5.74) is 1.04. The summed E-state index contributed by atoms with van der Waals surface area (Å²) in [6.07, 6.45) is 3.98. The summed E-state index contributed by atoms with van der Waals surface area (Å²) in [5, 5.41) is 3.63. The summed E-state index contributed by atoms with van der Waals surface area (Å²) in [6.45, 7) is 4.50. The zero-order valence-electron chi connectivity index (χ0n) is 10.9. The first-order chi connectivity index (χ1) is 8.72. The van der Waals surface area contributed by atoms with Crippen LogP contribution >= 0.6 is 0 Å². The minimum atomic E-state index is -0.146. The van der Waals surface area contributed by atoms with Crippen LogP contribution < -0.4 is 5.32 Å². The number of hydrogen-bond acceptors (Lipinski definition) is 2. The molecule has 1 heterocycles. The normalized spacial score (nSPS) is 26.4. The summed E-state index contributed by atoms with van der Waals surface area (Å²) in [4.78, 5) is 2.59. The van der Waals surface area contributed by atoms with Crippen molar-refractivity contribution in [2.75, 3.05) is 13.1 Å². The molecule has 3 heteroatoms. The van der Waals surface area contributed by atoms with Gasteiger partial charge in [-0.25, -0.2) is 4.39 Å². The Morgan fingerprint density at radius 2 is 2.17 bits per heavy atom. The van der Waals surface area contributed by atoms with Crippen molar-refractivity contribution in [1.29, 1.82) is 0 Å². The van der Waals surface area contributed by atoms with Crippen molar-refractivity contribution in [1.82, 2.24) is 10.2 Å². The van der Waals surface area contributed by atoms with E-state index in [9.17, 15) is 4.39 Å². The Balaban J connectivity index is 1.56. The topological polar surface area (TPSA) is 15.3 Å². The van der Waals surface area contributed by atoms with E-state index in [1.54, 1.807) is 12.1 Å². The number of hydrogen-bond donors (Lipinski definition) is 1. The van der Waals surface area contributed by atoms with Crippen LogP contribution in [0.25, 0.3) is 0 Å². The van der Waals surface area contributed by atoms with Crippen molar-refractivity contribution in [2.45, 2.75) is 44.3 Å². The molecule has 2 atom stereocenters. The smallest absolute Gasteiger partial charge is 0.123 e. The SMILES string of the molecule is C[C@@H](NC1CCN(C2CC2)C1)c1cccc(F)c1. The maximum Gasteiger partial charge on any atom is 0.123 e. The molecule has 1 unspecified atom stereocenters. The van der Waals surface area contributed by atoms with Gasteiger partial charge in [0, 0.05) is 31.2 Å². The lowest BCUT2D eigenvalue weighted by Crippen LogP contribution is -2.35. The first kappa shape index (κ1) is 12.1. The molecule has 2 fully saturated rings. The van der Waals surface area contributed by atoms with Crippen LogP contribution in [0.15, 0.2) is 24.3 Å². The van der Waals surface area contributed by atoms with Gasteiger partial charge in [-0.1, -0.05) is 12.1 Å². The molecule has 2 aliphatic rings. The highest BCUT2D eigenvalue weighted by atomic mass is 19.1. The molecule has 0 aromatic heterocycles. The van der Waals surface area contributed by atoms with Crippen LogP contribution in [0.4, 0.5) is 4.39 Å². The third-order valence-electron chi connectivity index (χ3n) is 4.12. The van der Waals surface area contributed by atoms with Gasteiger partial charge in [-0.3, -0.25) is 4.90 Å². The predicted octanol–water partition coefficient (Wildman–Crippen LogP) is 2.71. The minimum Gasteiger partial charge on any atom is -0.306 e. The van der Waals surface area contributed by atoms with Crippen molar-refractivity contribution in [2.24, 2.45) is 0 Å². The molecule has 1 aromatic carbocycles. The molecule has 1 saturated heterocycles. The molecule has 1 aliphatic heterocycles. The predicted molar refractivity (Wildman–Crippen MR) is 71.0 cm³/mol. The van der Waals surface area contributed by atoms with Crippen LogP contribution in [0, 0.1) is 5.82 Å². The number of nitrogens with one attached hydrogen (secondary N) is 1. The Hall–Kier alpha value is -0.930. The Morgan fingerprint density at radius 3 is 2.89 bits per heavy atom. The van der Waals surface area contributed by atoms with E-state index in [1.165, 1.54) is 31.9 Å². The molecule has 0 spiro atoms. The van der Waals surface area contributed by atoms with Gasteiger partial charge in [0.05, 0.1) is 0 Å². The van der Waals surface area contributed by atoms with Gasteiger partial charge in [0.1, 0.15) is 5.82 Å². The second kappa shape index (κ2) is 4.98. The zero-order valence-corrected chi connectivity index (χ0v) is 10.9. The van der Waals surface area contributed by atoms with Gasteiger partial charge in [-0.05, 0) is 43.9 Å². The monoisotopic (exact) mass is 248 g/mol. The fourth-order valence-corrected chi connectivity index (χ4v) is 2.92. The third-order valence-corrected chi connectivity index (χ3v) is 4.12. The highest BCUT2D eigenvalue weighted by Gasteiger charge is 2.34. The second-order valence-corrected chi connectivity index (χ2v) is 5.66. The van der Waals surface area contributed by atoms with Gasteiger partial charge in [0.15, 0.2) is 0 Å². The molecule has 98 valence electrons. The van der Waals surface area contributed by atoms with Crippen LogP contribution in [-0.4, -0.2) is 30.1 Å². The van der Waals surface area contributed by atoms with E-state index in [4.69, 9.17) is 0 Å². The van der Waals surface area contributed by atoms with Gasteiger partial charge >= 0.3 is 0 Å². The lowest BCUT2D eigenvalue weighted by atomic mass is 10.1. The highest BCUT2D eigenvalue weighted by Crippen LogP contribution is 2.30. The molecule has 1 N–H and O–H groups in total. The van der Waals surface area contributed by atoms with E-state index in [0.29, 0.717) is 6.04 Å². The van der Waals surface area contributed by atoms with Crippen LogP contribution in [0.1, 0.15) is 37.8 Å². The van der Waals surface area contributed by atoms with Crippen molar-refractivity contribution < 1.29 is 4.39 Å². The lowest BCUT2D eigenvalue weighted by Gasteiger charge is -2.20. The molecule has 1 saturated carbocycles. The number of halogens is 1. The lowest BCUT2D eigenvalue weighted by molar-refractivity contribution is 0.313. The number of benzene rings is 1. The Kier molecular flexibility index (Phi) is 3.35. The van der Waals surface area contributed by atoms with E-state index < -0.39 is 0 Å². The number of rotatable bonds is 4. The fourth-order valence-electron chi connectivity index (χ4n) is 2.92. The quantitative estimate of drug-likeness (QED) is 0.881. The summed E-state index contributed by atoms with van der Waals surface area (Å²) in [7, 11) is 0. The van der Waals surface area contributed by atoms with E-state index in [2.05, 4.69) is 17.1 Å². The molecular formula is C15H21FN2. The molecule has 18 heavy (non-hydrogen) atoms. The van der Waals surface area contributed by atoms with Gasteiger partial charge in [-0.2, -0.15) is 0 Å². The fraction of sp³-hybridized carbons (Fsp3) is 0.600. The summed E-state index contributed by atoms with van der Waals surface area (Å²) in [5.74, 6) is -0.146. The molecule has 0 bridgehead atoms. The maximum absolute atomic E-state index is 13.2. The van der Waals surface area contributed by atoms with Gasteiger partial charge in [0.25, 0.3) is 0 Å². The maximum atomic E-state index is 13.2. The summed E-state index contributed by atoms with van der Waals surface area (Å²) in [6, 6.07) is 8.56. The van der Waals surface area contributed by atoms with E-state index in [-0.39, 0.29) is 11.9 Å². The summed E-state index contributed by atoms with van der Waals surface area (Å²) < 4.78 is 13.2. The summed E-state index contributed by atoms with van der Waals surface area (Å²) >= 11 is 0. The van der Waals surface area contributed by atoms with Gasteiger partial charge in [-0.15, -0.1) is 0 Å². The minimum absolute atomic E-state index is 0.146. The molecule has 0 radical (unpaired) electrons. The molecule has 1 aromatic rings. The number of likely N-dealkylation sites (tertiary alicyclic amines) is 1. The van der Waals surface area contributed by atoms with Gasteiger partial charge in [0.2, 0.25) is 0 Å². The standard InChI is InChI=1S/C15H21FN2/c1-11(12-3-2-4-13(16)9-12)17-14-7-8-18(10-14)15-5-6-15/h2-4,9,11,14-15,17H,5-8,10H2,1H3/t11-,14?/m1/s1. The van der Waals surface area contributed by atoms with Crippen LogP contribution in [0.3, 0.4) is 0 Å². The molecule has 0 amide bonds. The van der Waals surface area contributed by atoms with E-state index >= 15 is 0 Å². The second-order valence-electron chi connectivity index (χ2n) is 5.66. The Morgan fingerprint density at radius 1 is 1.33 bits per heavy atom. The zero-order chi connectivity index (χ0) is 12.5. The Labute approximate surface area is 108 Å². The van der Waals surface area contributed by atoms with Crippen molar-refractivity contribution in [3.8, 4) is 0 Å². The Bertz CT molecular complexity index is 417. The van der Waals surface area contributed by atoms with Crippen LogP contribution in [0.2, 0.25) is 0 Å². The van der Waals surface area contributed by atoms with Crippen molar-refractivity contribution >= 4 is 0 Å². The first-order valence-electron chi connectivity index (χ1n) is 6.98. The third kappa shape index (κ3) is 2.73. The average molecular weight is 248 g/mol. The van der Waals surface area contributed by atoms with Gasteiger partial charge < -0.3 is 5.32 Å². The molecule has 2 nitrogen and oxygen atoms in total. The number of nitrogens with zero attached hydrogens (tertiary/aromatic N) is 1. The van der Waals surface area contributed by atoms with E-state index in [1.807, 2.05) is 6.07 Å². The van der Waals surface area contributed by atoms with Crippen LogP contribution in [0.5, 0.6) is 0 Å². The molecular weight excluding hydrogens is 227 g/mol. The first-order valence-corrected chi connectivity index (χ1v) is 6.98. The largest absolute Gasteiger partial charge is 0.306 e. The van der Waals surface area contributed by atoms with Crippen molar-refractivity contribution in [3.63, 3.8) is 0 Å². The van der Waals surface area contributed by atoms with E-state index in [0.717, 1.165) is 18.2 Å². The van der Waals surface area contributed by atoms with Crippen LogP contribution in [-0.2, 0) is 0 Å². The highest BCUT2D eigenvalue weighted by molar-refractivity contribution is 5.19. The molecule has 1 aliphatic carbocycles. The molecule has 3 rings (SSSR count). The van der Waals surface area contributed by atoms with Crippen molar-refractivity contribution in [3.05, 3.63) is 35.6 Å².